The fourth-order valence-corrected chi connectivity index (χ4v) is 1.89. The second-order valence-electron chi connectivity index (χ2n) is 3.82. The summed E-state index contributed by atoms with van der Waals surface area (Å²) in [7, 11) is 0. The van der Waals surface area contributed by atoms with E-state index >= 15 is 0 Å². The van der Waals surface area contributed by atoms with Crippen molar-refractivity contribution < 1.29 is 14.6 Å². The highest BCUT2D eigenvalue weighted by atomic mass is 16.5. The second kappa shape index (κ2) is 5.03. The summed E-state index contributed by atoms with van der Waals surface area (Å²) < 4.78 is 4.94. The molecule has 6 heteroatoms. The number of anilines is 1. The third-order valence-electron chi connectivity index (χ3n) is 2.78. The molecule has 0 fully saturated rings. The van der Waals surface area contributed by atoms with Gasteiger partial charge < -0.3 is 14.7 Å². The number of aromatic nitrogens is 2. The smallest absolute Gasteiger partial charge is 0.339 e. The number of aliphatic hydroxyl groups is 1. The molecule has 0 unspecified atom stereocenters. The SMILES string of the molecule is CCOC(=O)C1=C(O)c2cncnc2N(CC)C1. The molecule has 0 radical (unpaired) electrons. The van der Waals surface area contributed by atoms with Crippen molar-refractivity contribution in [1.29, 1.82) is 0 Å². The fraction of sp³-hybridized carbons (Fsp3) is 0.417. The summed E-state index contributed by atoms with van der Waals surface area (Å²) in [5.41, 5.74) is 0.717. The number of nitrogens with zero attached hydrogens (tertiary/aromatic N) is 3. The minimum absolute atomic E-state index is 0.0891. The molecule has 0 saturated carbocycles. The highest BCUT2D eigenvalue weighted by Gasteiger charge is 2.29. The molecule has 0 spiro atoms. The third-order valence-corrected chi connectivity index (χ3v) is 2.78. The van der Waals surface area contributed by atoms with Crippen LogP contribution in [0.4, 0.5) is 5.82 Å². The summed E-state index contributed by atoms with van der Waals surface area (Å²) in [5, 5.41) is 10.1. The highest BCUT2D eigenvalue weighted by Crippen LogP contribution is 2.30. The molecule has 0 amide bonds. The zero-order chi connectivity index (χ0) is 13.1. The first-order chi connectivity index (χ1) is 8.69. The zero-order valence-corrected chi connectivity index (χ0v) is 10.4. The normalized spacial score (nSPS) is 14.4. The van der Waals surface area contributed by atoms with Crippen LogP contribution in [0, 0.1) is 0 Å². The molecule has 2 rings (SSSR count). The number of likely N-dealkylation sites (N-methyl/N-ethyl adjacent to an activating group) is 1. The molecule has 0 bridgehead atoms. The van der Waals surface area contributed by atoms with Gasteiger partial charge in [0.25, 0.3) is 0 Å². The van der Waals surface area contributed by atoms with Gasteiger partial charge in [-0.15, -0.1) is 0 Å². The minimum Gasteiger partial charge on any atom is -0.506 e. The fourth-order valence-electron chi connectivity index (χ4n) is 1.89. The van der Waals surface area contributed by atoms with Gasteiger partial charge in [-0.1, -0.05) is 0 Å². The van der Waals surface area contributed by atoms with Crippen molar-refractivity contribution in [3.05, 3.63) is 23.7 Å². The standard InChI is InChI=1S/C12H15N3O3/c1-3-15-6-9(12(17)18-4-2)10(16)8-5-13-7-14-11(8)15/h5,7,16H,3-4,6H2,1-2H3. The van der Waals surface area contributed by atoms with Crippen LogP contribution in [0.25, 0.3) is 5.76 Å². The van der Waals surface area contributed by atoms with E-state index in [1.165, 1.54) is 12.5 Å². The molecule has 0 saturated heterocycles. The van der Waals surface area contributed by atoms with Gasteiger partial charge in [0.05, 0.1) is 24.3 Å². The lowest BCUT2D eigenvalue weighted by Gasteiger charge is -2.29. The van der Waals surface area contributed by atoms with Crippen molar-refractivity contribution in [2.24, 2.45) is 0 Å². The molecule has 1 aromatic heterocycles. The van der Waals surface area contributed by atoms with E-state index in [2.05, 4.69) is 9.97 Å². The highest BCUT2D eigenvalue weighted by molar-refractivity contribution is 5.99. The first-order valence-corrected chi connectivity index (χ1v) is 5.83. The van der Waals surface area contributed by atoms with Gasteiger partial charge >= 0.3 is 5.97 Å². The van der Waals surface area contributed by atoms with Gasteiger partial charge in [0, 0.05) is 12.7 Å². The number of hydrogen-bond acceptors (Lipinski definition) is 6. The van der Waals surface area contributed by atoms with Crippen LogP contribution in [0.15, 0.2) is 18.1 Å². The molecule has 1 N–H and O–H groups in total. The Morgan fingerprint density at radius 2 is 2.33 bits per heavy atom. The Kier molecular flexibility index (Phi) is 3.45. The van der Waals surface area contributed by atoms with Gasteiger partial charge in [-0.3, -0.25) is 0 Å². The van der Waals surface area contributed by atoms with Gasteiger partial charge in [0.2, 0.25) is 0 Å². The van der Waals surface area contributed by atoms with Crippen molar-refractivity contribution in [2.45, 2.75) is 13.8 Å². The molecular weight excluding hydrogens is 234 g/mol. The van der Waals surface area contributed by atoms with E-state index in [4.69, 9.17) is 4.74 Å². The van der Waals surface area contributed by atoms with Crippen LogP contribution in [0.1, 0.15) is 19.4 Å². The summed E-state index contributed by atoms with van der Waals surface area (Å²) in [4.78, 5) is 21.7. The van der Waals surface area contributed by atoms with Crippen LogP contribution in [0.5, 0.6) is 0 Å². The minimum atomic E-state index is -0.497. The summed E-state index contributed by atoms with van der Waals surface area (Å²) in [5.74, 6) is 0.0507. The number of fused-ring (bicyclic) bond motifs is 1. The van der Waals surface area contributed by atoms with Crippen LogP contribution >= 0.6 is 0 Å². The average Bonchev–Trinajstić information content (AvgIpc) is 2.40. The zero-order valence-electron chi connectivity index (χ0n) is 10.4. The van der Waals surface area contributed by atoms with E-state index in [9.17, 15) is 9.90 Å². The van der Waals surface area contributed by atoms with Crippen LogP contribution < -0.4 is 4.90 Å². The van der Waals surface area contributed by atoms with Crippen molar-refractivity contribution in [3.63, 3.8) is 0 Å². The van der Waals surface area contributed by atoms with Crippen molar-refractivity contribution in [1.82, 2.24) is 9.97 Å². The Morgan fingerprint density at radius 3 is 3.00 bits per heavy atom. The van der Waals surface area contributed by atoms with Crippen LogP contribution in [0.3, 0.4) is 0 Å². The number of carbonyl (C=O) groups is 1. The molecule has 18 heavy (non-hydrogen) atoms. The molecule has 0 aliphatic carbocycles. The number of hydrogen-bond donors (Lipinski definition) is 1. The number of carbonyl (C=O) groups excluding carboxylic acids is 1. The van der Waals surface area contributed by atoms with E-state index in [1.54, 1.807) is 6.92 Å². The van der Waals surface area contributed by atoms with Crippen LogP contribution in [-0.4, -0.2) is 40.7 Å². The molecule has 2 heterocycles. The Morgan fingerprint density at radius 1 is 1.56 bits per heavy atom. The van der Waals surface area contributed by atoms with Crippen molar-refractivity contribution >= 4 is 17.5 Å². The lowest BCUT2D eigenvalue weighted by Crippen LogP contribution is -2.34. The molecule has 1 aliphatic heterocycles. The molecule has 0 aromatic carbocycles. The number of rotatable bonds is 3. The van der Waals surface area contributed by atoms with E-state index in [-0.39, 0.29) is 17.9 Å². The largest absolute Gasteiger partial charge is 0.506 e. The van der Waals surface area contributed by atoms with Gasteiger partial charge in [-0.2, -0.15) is 0 Å². The maximum atomic E-state index is 11.8. The molecule has 6 nitrogen and oxygen atoms in total. The maximum absolute atomic E-state index is 11.8. The Balaban J connectivity index is 2.46. The Bertz CT molecular complexity index is 499. The summed E-state index contributed by atoms with van der Waals surface area (Å²) in [6, 6.07) is 0. The quantitative estimate of drug-likeness (QED) is 0.810. The lowest BCUT2D eigenvalue weighted by molar-refractivity contribution is -0.138. The van der Waals surface area contributed by atoms with E-state index < -0.39 is 5.97 Å². The summed E-state index contributed by atoms with van der Waals surface area (Å²) >= 11 is 0. The van der Waals surface area contributed by atoms with Crippen molar-refractivity contribution in [3.8, 4) is 0 Å². The number of esters is 1. The number of ether oxygens (including phenoxy) is 1. The first kappa shape index (κ1) is 12.3. The Labute approximate surface area is 105 Å². The van der Waals surface area contributed by atoms with E-state index in [1.807, 2.05) is 11.8 Å². The molecule has 0 atom stereocenters. The second-order valence-corrected chi connectivity index (χ2v) is 3.82. The van der Waals surface area contributed by atoms with Crippen LogP contribution in [-0.2, 0) is 9.53 Å². The van der Waals surface area contributed by atoms with E-state index in [0.29, 0.717) is 24.5 Å². The molecule has 96 valence electrons. The van der Waals surface area contributed by atoms with Gasteiger partial charge in [-0.05, 0) is 13.8 Å². The van der Waals surface area contributed by atoms with Crippen LogP contribution in [0.2, 0.25) is 0 Å². The third kappa shape index (κ3) is 2.01. The predicted octanol–water partition coefficient (Wildman–Crippen LogP) is 1.15. The maximum Gasteiger partial charge on any atom is 0.339 e. The number of aliphatic hydroxyl groups excluding tert-OH is 1. The molecule has 1 aliphatic rings. The predicted molar refractivity (Wildman–Crippen MR) is 66.1 cm³/mol. The average molecular weight is 249 g/mol. The topological polar surface area (TPSA) is 75.5 Å². The molecular formula is C12H15N3O3. The van der Waals surface area contributed by atoms with E-state index in [0.717, 1.165) is 0 Å². The van der Waals surface area contributed by atoms with Gasteiger partial charge in [0.15, 0.2) is 0 Å². The molecule has 1 aromatic rings. The lowest BCUT2D eigenvalue weighted by atomic mass is 10.1. The van der Waals surface area contributed by atoms with Crippen molar-refractivity contribution in [2.75, 3.05) is 24.6 Å². The summed E-state index contributed by atoms with van der Waals surface area (Å²) in [6.45, 7) is 4.94. The van der Waals surface area contributed by atoms with Gasteiger partial charge in [-0.25, -0.2) is 14.8 Å². The van der Waals surface area contributed by atoms with Gasteiger partial charge in [0.1, 0.15) is 17.9 Å². The first-order valence-electron chi connectivity index (χ1n) is 5.83. The Hall–Kier alpha value is -2.11. The summed E-state index contributed by atoms with van der Waals surface area (Å²) in [6.07, 6.45) is 2.92. The monoisotopic (exact) mass is 249 g/mol.